The Morgan fingerprint density at radius 3 is 2.00 bits per heavy atom. The van der Waals surface area contributed by atoms with Crippen LogP contribution in [-0.2, 0) is 12.8 Å². The van der Waals surface area contributed by atoms with Crippen molar-refractivity contribution in [2.45, 2.75) is 26.7 Å². The average Bonchev–Trinajstić information content (AvgIpc) is 2.03. The van der Waals surface area contributed by atoms with E-state index in [1.165, 1.54) is 0 Å². The molecule has 0 atom stereocenters. The molecule has 1 aromatic heterocycles. The molecule has 0 aromatic carbocycles. The van der Waals surface area contributed by atoms with Gasteiger partial charge in [0.1, 0.15) is 0 Å². The van der Waals surface area contributed by atoms with Crippen molar-refractivity contribution in [3.05, 3.63) is 21.3 Å². The van der Waals surface area contributed by atoms with Crippen LogP contribution in [0.2, 0.25) is 0 Å². The predicted molar refractivity (Wildman–Crippen MR) is 53.5 cm³/mol. The van der Waals surface area contributed by atoms with Crippen LogP contribution >= 0.6 is 22.6 Å². The smallest absolute Gasteiger partial charge is 0.191 e. The highest BCUT2D eigenvalue weighted by molar-refractivity contribution is 14.1. The van der Waals surface area contributed by atoms with E-state index in [2.05, 4.69) is 52.5 Å². The molecule has 0 aliphatic rings. The second-order valence-electron chi connectivity index (χ2n) is 2.33. The molecule has 3 heteroatoms. The van der Waals surface area contributed by atoms with Crippen LogP contribution < -0.4 is 0 Å². The zero-order valence-electron chi connectivity index (χ0n) is 6.76. The van der Waals surface area contributed by atoms with Gasteiger partial charge in [0.25, 0.3) is 0 Å². The predicted octanol–water partition coefficient (Wildman–Crippen LogP) is 2.21. The lowest BCUT2D eigenvalue weighted by Gasteiger charge is -1.99. The van der Waals surface area contributed by atoms with Crippen molar-refractivity contribution in [2.75, 3.05) is 0 Å². The lowest BCUT2D eigenvalue weighted by atomic mass is 10.2. The maximum Gasteiger partial charge on any atom is 0.191 e. The topological polar surface area (TPSA) is 25.8 Å². The SMILES string of the molecule is CCc1cc(CC)nc(I)n1. The number of rotatable bonds is 2. The van der Waals surface area contributed by atoms with Gasteiger partial charge in [0.2, 0.25) is 0 Å². The number of hydrogen-bond donors (Lipinski definition) is 0. The number of aromatic nitrogens is 2. The molecule has 0 saturated carbocycles. The molecule has 1 rings (SSSR count). The van der Waals surface area contributed by atoms with Crippen LogP contribution in [0.3, 0.4) is 0 Å². The van der Waals surface area contributed by atoms with Crippen LogP contribution in [0.5, 0.6) is 0 Å². The van der Waals surface area contributed by atoms with Crippen LogP contribution in [0.4, 0.5) is 0 Å². The Hall–Kier alpha value is -0.190. The normalized spacial score (nSPS) is 10.1. The Labute approximate surface area is 80.6 Å². The zero-order valence-corrected chi connectivity index (χ0v) is 8.92. The van der Waals surface area contributed by atoms with E-state index in [1.54, 1.807) is 0 Å². The summed E-state index contributed by atoms with van der Waals surface area (Å²) in [7, 11) is 0. The van der Waals surface area contributed by atoms with Gasteiger partial charge < -0.3 is 0 Å². The van der Waals surface area contributed by atoms with Crippen LogP contribution in [0.25, 0.3) is 0 Å². The summed E-state index contributed by atoms with van der Waals surface area (Å²) in [5.41, 5.74) is 2.28. The van der Waals surface area contributed by atoms with Crippen molar-refractivity contribution >= 4 is 22.6 Å². The third kappa shape index (κ3) is 2.39. The fourth-order valence-electron chi connectivity index (χ4n) is 0.881. The van der Waals surface area contributed by atoms with Crippen LogP contribution in [0, 0.1) is 3.83 Å². The maximum absolute atomic E-state index is 4.28. The minimum Gasteiger partial charge on any atom is -0.228 e. The quantitative estimate of drug-likeness (QED) is 0.603. The van der Waals surface area contributed by atoms with Gasteiger partial charge in [-0.3, -0.25) is 0 Å². The summed E-state index contributed by atoms with van der Waals surface area (Å²) < 4.78 is 0.860. The minimum atomic E-state index is 0.860. The van der Waals surface area contributed by atoms with Gasteiger partial charge in [-0.25, -0.2) is 9.97 Å². The highest BCUT2D eigenvalue weighted by Crippen LogP contribution is 2.04. The fraction of sp³-hybridized carbons (Fsp3) is 0.500. The molecule has 0 amide bonds. The van der Waals surface area contributed by atoms with E-state index in [0.717, 1.165) is 28.1 Å². The fourth-order valence-corrected chi connectivity index (χ4v) is 1.50. The molecule has 0 aliphatic heterocycles. The molecule has 0 fully saturated rings. The Balaban J connectivity index is 3.02. The summed E-state index contributed by atoms with van der Waals surface area (Å²) in [6.45, 7) is 4.22. The summed E-state index contributed by atoms with van der Waals surface area (Å²) in [4.78, 5) is 8.55. The first kappa shape index (κ1) is 8.90. The summed E-state index contributed by atoms with van der Waals surface area (Å²) in [6, 6.07) is 2.07. The van der Waals surface area contributed by atoms with E-state index in [4.69, 9.17) is 0 Å². The highest BCUT2D eigenvalue weighted by atomic mass is 127. The number of hydrogen-bond acceptors (Lipinski definition) is 2. The van der Waals surface area contributed by atoms with Gasteiger partial charge in [-0.05, 0) is 18.9 Å². The first-order valence-corrected chi connectivity index (χ1v) is 4.86. The molecule has 0 unspecified atom stereocenters. The molecule has 2 nitrogen and oxygen atoms in total. The molecule has 11 heavy (non-hydrogen) atoms. The molecule has 0 spiro atoms. The Morgan fingerprint density at radius 2 is 1.64 bits per heavy atom. The van der Waals surface area contributed by atoms with Gasteiger partial charge in [-0.1, -0.05) is 13.8 Å². The lowest BCUT2D eigenvalue weighted by molar-refractivity contribution is 0.910. The van der Waals surface area contributed by atoms with Gasteiger partial charge in [0.05, 0.1) is 0 Å². The van der Waals surface area contributed by atoms with E-state index in [0.29, 0.717) is 0 Å². The monoisotopic (exact) mass is 262 g/mol. The number of nitrogens with zero attached hydrogens (tertiary/aromatic N) is 2. The second kappa shape index (κ2) is 3.99. The molecule has 0 bridgehead atoms. The van der Waals surface area contributed by atoms with E-state index < -0.39 is 0 Å². The summed E-state index contributed by atoms with van der Waals surface area (Å²) >= 11 is 2.16. The third-order valence-corrected chi connectivity index (χ3v) is 2.01. The van der Waals surface area contributed by atoms with Crippen molar-refractivity contribution < 1.29 is 0 Å². The Bertz CT molecular complexity index is 226. The molecule has 60 valence electrons. The molecule has 0 N–H and O–H groups in total. The van der Waals surface area contributed by atoms with Crippen molar-refractivity contribution in [3.63, 3.8) is 0 Å². The molecule has 0 aliphatic carbocycles. The summed E-state index contributed by atoms with van der Waals surface area (Å²) in [5, 5.41) is 0. The van der Waals surface area contributed by atoms with Gasteiger partial charge in [0.15, 0.2) is 3.83 Å². The van der Waals surface area contributed by atoms with E-state index in [9.17, 15) is 0 Å². The van der Waals surface area contributed by atoms with Gasteiger partial charge >= 0.3 is 0 Å². The van der Waals surface area contributed by atoms with Gasteiger partial charge in [0, 0.05) is 34.0 Å². The van der Waals surface area contributed by atoms with E-state index >= 15 is 0 Å². The van der Waals surface area contributed by atoms with Crippen LogP contribution in [0.15, 0.2) is 6.07 Å². The lowest BCUT2D eigenvalue weighted by Crippen LogP contribution is -1.98. The van der Waals surface area contributed by atoms with Crippen LogP contribution in [-0.4, -0.2) is 9.97 Å². The Kier molecular flexibility index (Phi) is 3.23. The number of halogens is 1. The third-order valence-electron chi connectivity index (χ3n) is 1.53. The van der Waals surface area contributed by atoms with E-state index in [1.807, 2.05) is 0 Å². The van der Waals surface area contributed by atoms with Crippen LogP contribution in [0.1, 0.15) is 25.2 Å². The zero-order chi connectivity index (χ0) is 8.27. The van der Waals surface area contributed by atoms with Gasteiger partial charge in [-0.2, -0.15) is 0 Å². The van der Waals surface area contributed by atoms with Gasteiger partial charge in [-0.15, -0.1) is 0 Å². The molecule has 1 heterocycles. The molecule has 0 saturated heterocycles. The summed E-state index contributed by atoms with van der Waals surface area (Å²) in [5.74, 6) is 0. The second-order valence-corrected chi connectivity index (χ2v) is 3.29. The van der Waals surface area contributed by atoms with Crippen molar-refractivity contribution in [1.29, 1.82) is 0 Å². The summed E-state index contributed by atoms with van der Waals surface area (Å²) in [6.07, 6.45) is 1.98. The average molecular weight is 262 g/mol. The standard InChI is InChI=1S/C8H11IN2/c1-3-6-5-7(4-2)11-8(9)10-6/h5H,3-4H2,1-2H3. The first-order valence-electron chi connectivity index (χ1n) is 3.78. The van der Waals surface area contributed by atoms with Crippen molar-refractivity contribution in [1.82, 2.24) is 9.97 Å². The largest absolute Gasteiger partial charge is 0.228 e. The van der Waals surface area contributed by atoms with E-state index in [-0.39, 0.29) is 0 Å². The first-order chi connectivity index (χ1) is 5.26. The minimum absolute atomic E-state index is 0.860. The number of aryl methyl sites for hydroxylation is 2. The molecule has 0 radical (unpaired) electrons. The molecular formula is C8H11IN2. The Morgan fingerprint density at radius 1 is 1.18 bits per heavy atom. The molecule has 1 aromatic rings. The van der Waals surface area contributed by atoms with Crippen molar-refractivity contribution in [2.24, 2.45) is 0 Å². The van der Waals surface area contributed by atoms with Crippen molar-refractivity contribution in [3.8, 4) is 0 Å². The highest BCUT2D eigenvalue weighted by Gasteiger charge is 1.98. The molecular weight excluding hydrogens is 251 g/mol. The maximum atomic E-state index is 4.28.